The Labute approximate surface area is 105 Å². The van der Waals surface area contributed by atoms with Crippen molar-refractivity contribution in [2.75, 3.05) is 11.1 Å². The first-order valence-corrected chi connectivity index (χ1v) is 7.91. The molecule has 1 rings (SSSR count). The molecule has 0 radical (unpaired) electrons. The van der Waals surface area contributed by atoms with Crippen LogP contribution in [0.2, 0.25) is 0 Å². The standard InChI is InChI=1S/C11H16BrNO2S/c1-10(9-12)13-16(14,15)8-7-11-5-3-2-4-6-11/h2-6,10,13H,7-9H2,1H3. The highest BCUT2D eigenvalue weighted by molar-refractivity contribution is 9.09. The molecule has 1 unspecified atom stereocenters. The zero-order chi connectivity index (χ0) is 12.0. The highest BCUT2D eigenvalue weighted by Gasteiger charge is 2.13. The van der Waals surface area contributed by atoms with Crippen LogP contribution < -0.4 is 4.72 Å². The van der Waals surface area contributed by atoms with Gasteiger partial charge >= 0.3 is 0 Å². The predicted octanol–water partition coefficient (Wildman–Crippen LogP) is 1.93. The van der Waals surface area contributed by atoms with Crippen LogP contribution in [-0.2, 0) is 16.4 Å². The average Bonchev–Trinajstić information content (AvgIpc) is 2.27. The number of aryl methyl sites for hydroxylation is 1. The molecule has 3 nitrogen and oxygen atoms in total. The highest BCUT2D eigenvalue weighted by Crippen LogP contribution is 2.02. The first-order chi connectivity index (χ1) is 7.53. The lowest BCUT2D eigenvalue weighted by molar-refractivity contribution is 0.570. The third-order valence-electron chi connectivity index (χ3n) is 2.11. The Bertz CT molecular complexity index is 405. The van der Waals surface area contributed by atoms with Gasteiger partial charge in [0.2, 0.25) is 10.0 Å². The Morgan fingerprint density at radius 2 is 1.94 bits per heavy atom. The van der Waals surface area contributed by atoms with Crippen LogP contribution in [0.1, 0.15) is 12.5 Å². The van der Waals surface area contributed by atoms with Crippen molar-refractivity contribution in [2.45, 2.75) is 19.4 Å². The average molecular weight is 306 g/mol. The lowest BCUT2D eigenvalue weighted by atomic mass is 10.2. The van der Waals surface area contributed by atoms with Crippen LogP contribution in [0.15, 0.2) is 30.3 Å². The van der Waals surface area contributed by atoms with Gasteiger partial charge in [-0.3, -0.25) is 0 Å². The summed E-state index contributed by atoms with van der Waals surface area (Å²) in [5.74, 6) is 0.133. The van der Waals surface area contributed by atoms with E-state index >= 15 is 0 Å². The molecular formula is C11H16BrNO2S. The Balaban J connectivity index is 2.49. The number of sulfonamides is 1. The lowest BCUT2D eigenvalue weighted by Gasteiger charge is -2.11. The van der Waals surface area contributed by atoms with E-state index in [1.165, 1.54) is 0 Å². The number of halogens is 1. The van der Waals surface area contributed by atoms with E-state index in [2.05, 4.69) is 20.7 Å². The minimum absolute atomic E-state index is 0.0687. The predicted molar refractivity (Wildman–Crippen MR) is 70.3 cm³/mol. The van der Waals surface area contributed by atoms with Crippen LogP contribution >= 0.6 is 15.9 Å². The number of rotatable bonds is 6. The van der Waals surface area contributed by atoms with E-state index in [0.717, 1.165) is 5.56 Å². The molecular weight excluding hydrogens is 290 g/mol. The smallest absolute Gasteiger partial charge is 0.212 e. The van der Waals surface area contributed by atoms with Gasteiger partial charge in [0.1, 0.15) is 0 Å². The van der Waals surface area contributed by atoms with E-state index in [0.29, 0.717) is 11.8 Å². The van der Waals surface area contributed by atoms with Crippen molar-refractivity contribution in [1.82, 2.24) is 4.72 Å². The molecule has 0 bridgehead atoms. The van der Waals surface area contributed by atoms with Gasteiger partial charge in [-0.15, -0.1) is 0 Å². The van der Waals surface area contributed by atoms with Gasteiger partial charge in [0.25, 0.3) is 0 Å². The SMILES string of the molecule is CC(CBr)NS(=O)(=O)CCc1ccccc1. The molecule has 0 heterocycles. The zero-order valence-electron chi connectivity index (χ0n) is 9.19. The van der Waals surface area contributed by atoms with Crippen LogP contribution in [-0.4, -0.2) is 25.5 Å². The molecule has 0 saturated carbocycles. The Hall–Kier alpha value is -0.390. The first kappa shape index (κ1) is 13.7. The molecule has 16 heavy (non-hydrogen) atoms. The van der Waals surface area contributed by atoms with Crippen molar-refractivity contribution in [3.63, 3.8) is 0 Å². The summed E-state index contributed by atoms with van der Waals surface area (Å²) in [6.45, 7) is 1.83. The van der Waals surface area contributed by atoms with Crippen LogP contribution in [0.25, 0.3) is 0 Å². The first-order valence-electron chi connectivity index (χ1n) is 5.13. The summed E-state index contributed by atoms with van der Waals surface area (Å²) in [5, 5.41) is 0.623. The van der Waals surface area contributed by atoms with Gasteiger partial charge in [0.15, 0.2) is 0 Å². The van der Waals surface area contributed by atoms with Crippen molar-refractivity contribution < 1.29 is 8.42 Å². The van der Waals surface area contributed by atoms with Crippen molar-refractivity contribution >= 4 is 26.0 Å². The van der Waals surface area contributed by atoms with Crippen LogP contribution in [0.4, 0.5) is 0 Å². The summed E-state index contributed by atoms with van der Waals surface area (Å²) in [5.41, 5.74) is 1.04. The quantitative estimate of drug-likeness (QED) is 0.816. The van der Waals surface area contributed by atoms with Gasteiger partial charge < -0.3 is 0 Å². The number of hydrogen-bond acceptors (Lipinski definition) is 2. The minimum Gasteiger partial charge on any atom is -0.212 e. The summed E-state index contributed by atoms with van der Waals surface area (Å²) in [6.07, 6.45) is 0.547. The normalized spacial score (nSPS) is 13.6. The molecule has 0 aliphatic rings. The van der Waals surface area contributed by atoms with Gasteiger partial charge in [-0.05, 0) is 18.9 Å². The topological polar surface area (TPSA) is 46.2 Å². The van der Waals surface area contributed by atoms with Crippen molar-refractivity contribution in [3.05, 3.63) is 35.9 Å². The molecule has 1 aromatic carbocycles. The highest BCUT2D eigenvalue weighted by atomic mass is 79.9. The van der Waals surface area contributed by atoms with Gasteiger partial charge in [0, 0.05) is 11.4 Å². The van der Waals surface area contributed by atoms with Crippen LogP contribution in [0.3, 0.4) is 0 Å². The molecule has 90 valence electrons. The molecule has 0 aromatic heterocycles. The third kappa shape index (κ3) is 5.09. The molecule has 1 atom stereocenters. The van der Waals surface area contributed by atoms with Gasteiger partial charge in [0.05, 0.1) is 5.75 Å². The summed E-state index contributed by atoms with van der Waals surface area (Å²) in [7, 11) is -3.17. The van der Waals surface area contributed by atoms with Gasteiger partial charge in [-0.1, -0.05) is 46.3 Å². The summed E-state index contributed by atoms with van der Waals surface area (Å²) in [6, 6.07) is 9.55. The zero-order valence-corrected chi connectivity index (χ0v) is 11.6. The van der Waals surface area contributed by atoms with E-state index in [1.54, 1.807) is 0 Å². The number of alkyl halides is 1. The number of nitrogens with one attached hydrogen (secondary N) is 1. The fraction of sp³-hybridized carbons (Fsp3) is 0.455. The van der Waals surface area contributed by atoms with E-state index in [4.69, 9.17) is 0 Å². The van der Waals surface area contributed by atoms with Crippen molar-refractivity contribution in [2.24, 2.45) is 0 Å². The second-order valence-electron chi connectivity index (χ2n) is 3.73. The fourth-order valence-corrected chi connectivity index (χ4v) is 2.99. The summed E-state index contributed by atoms with van der Waals surface area (Å²) >= 11 is 3.24. The monoisotopic (exact) mass is 305 g/mol. The maximum Gasteiger partial charge on any atom is 0.212 e. The molecule has 5 heteroatoms. The Morgan fingerprint density at radius 1 is 1.31 bits per heavy atom. The molecule has 0 fully saturated rings. The second kappa shape index (κ2) is 6.37. The number of hydrogen-bond donors (Lipinski definition) is 1. The molecule has 0 spiro atoms. The molecule has 1 N–H and O–H groups in total. The Kier molecular flexibility index (Phi) is 5.44. The van der Waals surface area contributed by atoms with Crippen LogP contribution in [0.5, 0.6) is 0 Å². The fourth-order valence-electron chi connectivity index (χ4n) is 1.29. The molecule has 1 aromatic rings. The summed E-state index contributed by atoms with van der Waals surface area (Å²) < 4.78 is 25.9. The number of benzene rings is 1. The van der Waals surface area contributed by atoms with E-state index in [-0.39, 0.29) is 11.8 Å². The third-order valence-corrected chi connectivity index (χ3v) is 4.59. The molecule has 0 saturated heterocycles. The molecule has 0 amide bonds. The van der Waals surface area contributed by atoms with Gasteiger partial charge in [-0.2, -0.15) is 0 Å². The lowest BCUT2D eigenvalue weighted by Crippen LogP contribution is -2.35. The van der Waals surface area contributed by atoms with E-state index < -0.39 is 10.0 Å². The van der Waals surface area contributed by atoms with Gasteiger partial charge in [-0.25, -0.2) is 13.1 Å². The van der Waals surface area contributed by atoms with E-state index in [9.17, 15) is 8.42 Å². The molecule has 0 aliphatic carbocycles. The van der Waals surface area contributed by atoms with E-state index in [1.807, 2.05) is 37.3 Å². The Morgan fingerprint density at radius 3 is 2.50 bits per heavy atom. The van der Waals surface area contributed by atoms with Crippen molar-refractivity contribution in [1.29, 1.82) is 0 Å². The minimum atomic E-state index is -3.17. The maximum absolute atomic E-state index is 11.6. The second-order valence-corrected chi connectivity index (χ2v) is 6.25. The largest absolute Gasteiger partial charge is 0.212 e. The molecule has 0 aliphatic heterocycles. The van der Waals surface area contributed by atoms with Crippen molar-refractivity contribution in [3.8, 4) is 0 Å². The van der Waals surface area contributed by atoms with Crippen LogP contribution in [0, 0.1) is 0 Å². The summed E-state index contributed by atoms with van der Waals surface area (Å²) in [4.78, 5) is 0. The maximum atomic E-state index is 11.6.